The van der Waals surface area contributed by atoms with Crippen molar-refractivity contribution in [1.82, 2.24) is 0 Å². The zero-order valence-electron chi connectivity index (χ0n) is 32.8. The molecule has 6 rings (SSSR count). The van der Waals surface area contributed by atoms with Gasteiger partial charge in [-0.3, -0.25) is 0 Å². The van der Waals surface area contributed by atoms with Crippen molar-refractivity contribution in [3.8, 4) is 23.0 Å². The molecule has 0 aliphatic carbocycles. The first-order valence-electron chi connectivity index (χ1n) is 19.3. The van der Waals surface area contributed by atoms with Gasteiger partial charge in [0.25, 0.3) is 0 Å². The van der Waals surface area contributed by atoms with Crippen LogP contribution in [0.1, 0.15) is 73.9 Å². The van der Waals surface area contributed by atoms with Crippen LogP contribution in [0.4, 0.5) is 8.78 Å². The summed E-state index contributed by atoms with van der Waals surface area (Å²) in [7, 11) is 0. The maximum atomic E-state index is 14.8. The Hall–Kier alpha value is -5.26. The van der Waals surface area contributed by atoms with Crippen molar-refractivity contribution in [2.75, 3.05) is 0 Å². The Morgan fingerprint density at radius 2 is 0.855 bits per heavy atom. The molecule has 0 saturated carbocycles. The normalized spacial score (nSPS) is 14.7. The van der Waals surface area contributed by atoms with Crippen LogP contribution < -0.4 is 9.47 Å². The Labute approximate surface area is 325 Å². The molecule has 55 heavy (non-hydrogen) atoms. The standard InChI is InChI=1S/C50H52F2O3/c1-7-49(5,39-25-27-45(51)35(3)29-39)47(33-37-17-15-23-43(31-37)53-41-19-11-9-12-20-41)55-48(50(6,8-2)40-26-28-46(52)36(4)30-40)34-38-18-16-24-44(32-38)54-42-21-13-10-14-22-42/h9-32,47-48H,7-8,33-34H2,1-6H3. The van der Waals surface area contributed by atoms with Gasteiger partial charge in [-0.1, -0.05) is 113 Å². The maximum Gasteiger partial charge on any atom is 0.127 e. The fourth-order valence-corrected chi connectivity index (χ4v) is 7.43. The second-order valence-corrected chi connectivity index (χ2v) is 15.1. The molecule has 0 N–H and O–H groups in total. The van der Waals surface area contributed by atoms with Gasteiger partial charge in [0.05, 0.1) is 12.2 Å². The van der Waals surface area contributed by atoms with Crippen LogP contribution >= 0.6 is 0 Å². The number of aryl methyl sites for hydroxylation is 2. The molecule has 0 saturated heterocycles. The van der Waals surface area contributed by atoms with Crippen LogP contribution in [0.25, 0.3) is 0 Å². The summed E-state index contributed by atoms with van der Waals surface area (Å²) in [5, 5.41) is 0. The molecule has 0 aromatic heterocycles. The second kappa shape index (κ2) is 17.5. The molecule has 0 bridgehead atoms. The lowest BCUT2D eigenvalue weighted by Crippen LogP contribution is -2.48. The van der Waals surface area contributed by atoms with Crippen molar-refractivity contribution in [1.29, 1.82) is 0 Å². The Balaban J connectivity index is 1.44. The number of rotatable bonds is 16. The molecule has 0 aliphatic heterocycles. The van der Waals surface area contributed by atoms with Crippen molar-refractivity contribution in [3.05, 3.63) is 191 Å². The Kier molecular flexibility index (Phi) is 12.5. The molecule has 6 aromatic rings. The largest absolute Gasteiger partial charge is 0.457 e. The van der Waals surface area contributed by atoms with E-state index in [4.69, 9.17) is 14.2 Å². The Morgan fingerprint density at radius 1 is 0.473 bits per heavy atom. The third kappa shape index (κ3) is 9.35. The van der Waals surface area contributed by atoms with Crippen LogP contribution in [0.2, 0.25) is 0 Å². The van der Waals surface area contributed by atoms with Crippen molar-refractivity contribution >= 4 is 0 Å². The van der Waals surface area contributed by atoms with Crippen LogP contribution in [-0.4, -0.2) is 12.2 Å². The van der Waals surface area contributed by atoms with Gasteiger partial charge in [0.15, 0.2) is 0 Å². The molecule has 4 unspecified atom stereocenters. The number of para-hydroxylation sites is 2. The van der Waals surface area contributed by atoms with Crippen molar-refractivity contribution in [3.63, 3.8) is 0 Å². The van der Waals surface area contributed by atoms with Gasteiger partial charge in [-0.25, -0.2) is 8.78 Å². The molecule has 0 amide bonds. The van der Waals surface area contributed by atoms with E-state index in [0.29, 0.717) is 24.0 Å². The first-order valence-corrected chi connectivity index (χ1v) is 19.3. The molecule has 0 heterocycles. The monoisotopic (exact) mass is 738 g/mol. The van der Waals surface area contributed by atoms with Crippen LogP contribution in [0.3, 0.4) is 0 Å². The summed E-state index contributed by atoms with van der Waals surface area (Å²) in [4.78, 5) is 0. The minimum atomic E-state index is -0.515. The zero-order valence-corrected chi connectivity index (χ0v) is 32.8. The topological polar surface area (TPSA) is 27.7 Å². The van der Waals surface area contributed by atoms with Crippen molar-refractivity contribution < 1.29 is 23.0 Å². The number of benzene rings is 6. The lowest BCUT2D eigenvalue weighted by Gasteiger charge is -2.45. The number of hydrogen-bond acceptors (Lipinski definition) is 3. The lowest BCUT2D eigenvalue weighted by atomic mass is 9.70. The predicted octanol–water partition coefficient (Wildman–Crippen LogP) is 13.4. The summed E-state index contributed by atoms with van der Waals surface area (Å²) < 4.78 is 49.7. The van der Waals surface area contributed by atoms with Gasteiger partial charge >= 0.3 is 0 Å². The summed E-state index contributed by atoms with van der Waals surface area (Å²) in [5.41, 5.74) is 4.32. The number of halogens is 2. The van der Waals surface area contributed by atoms with Gasteiger partial charge in [0.2, 0.25) is 0 Å². The summed E-state index contributed by atoms with van der Waals surface area (Å²) in [6, 6.07) is 46.7. The molecule has 6 aromatic carbocycles. The van der Waals surface area contributed by atoms with E-state index in [0.717, 1.165) is 58.1 Å². The summed E-state index contributed by atoms with van der Waals surface area (Å²) in [6.07, 6.45) is 1.93. The average Bonchev–Trinajstić information content (AvgIpc) is 3.20. The van der Waals surface area contributed by atoms with Gasteiger partial charge < -0.3 is 14.2 Å². The van der Waals surface area contributed by atoms with E-state index in [1.165, 1.54) is 0 Å². The van der Waals surface area contributed by atoms with E-state index in [-0.39, 0.29) is 23.8 Å². The van der Waals surface area contributed by atoms with Gasteiger partial charge in [-0.05, 0) is 134 Å². The highest BCUT2D eigenvalue weighted by molar-refractivity contribution is 5.39. The molecule has 4 atom stereocenters. The Morgan fingerprint density at radius 3 is 1.22 bits per heavy atom. The van der Waals surface area contributed by atoms with Crippen LogP contribution in [0.15, 0.2) is 146 Å². The summed E-state index contributed by atoms with van der Waals surface area (Å²) >= 11 is 0. The predicted molar refractivity (Wildman–Crippen MR) is 220 cm³/mol. The molecule has 5 heteroatoms. The second-order valence-electron chi connectivity index (χ2n) is 15.1. The van der Waals surface area contributed by atoms with Crippen LogP contribution in [-0.2, 0) is 28.4 Å². The fourth-order valence-electron chi connectivity index (χ4n) is 7.43. The zero-order chi connectivity index (χ0) is 39.0. The third-order valence-corrected chi connectivity index (χ3v) is 11.5. The highest BCUT2D eigenvalue weighted by Gasteiger charge is 2.43. The Bertz CT molecular complexity index is 2010. The minimum Gasteiger partial charge on any atom is -0.457 e. The smallest absolute Gasteiger partial charge is 0.127 e. The molecular weight excluding hydrogens is 687 g/mol. The molecule has 284 valence electrons. The van der Waals surface area contributed by atoms with Gasteiger partial charge in [0, 0.05) is 10.8 Å². The third-order valence-electron chi connectivity index (χ3n) is 11.5. The summed E-state index contributed by atoms with van der Waals surface area (Å²) in [5.74, 6) is 2.55. The van der Waals surface area contributed by atoms with Crippen molar-refractivity contribution in [2.24, 2.45) is 0 Å². The highest BCUT2D eigenvalue weighted by atomic mass is 19.1. The SMILES string of the molecule is CCC(C)(c1ccc(F)c(C)c1)C(Cc1cccc(Oc2ccccc2)c1)OC(Cc1cccc(Oc2ccccc2)c1)C(C)(CC)c1ccc(F)c(C)c1. The summed E-state index contributed by atoms with van der Waals surface area (Å²) in [6.45, 7) is 12.4. The first-order chi connectivity index (χ1) is 26.5. The van der Waals surface area contributed by atoms with E-state index >= 15 is 0 Å². The minimum absolute atomic E-state index is 0.230. The van der Waals surface area contributed by atoms with Crippen LogP contribution in [0, 0.1) is 25.5 Å². The molecule has 3 nitrogen and oxygen atoms in total. The number of hydrogen-bond donors (Lipinski definition) is 0. The molecule has 0 fully saturated rings. The molecular formula is C50H52F2O3. The van der Waals surface area contributed by atoms with Crippen LogP contribution in [0.5, 0.6) is 23.0 Å². The quantitative estimate of drug-likeness (QED) is 0.0989. The van der Waals surface area contributed by atoms with E-state index in [9.17, 15) is 8.78 Å². The van der Waals surface area contributed by atoms with Crippen molar-refractivity contribution in [2.45, 2.75) is 90.3 Å². The van der Waals surface area contributed by atoms with Gasteiger partial charge in [0.1, 0.15) is 34.6 Å². The van der Waals surface area contributed by atoms with E-state index in [2.05, 4.69) is 52.0 Å². The van der Waals surface area contributed by atoms with E-state index < -0.39 is 10.8 Å². The van der Waals surface area contributed by atoms with Gasteiger partial charge in [-0.2, -0.15) is 0 Å². The van der Waals surface area contributed by atoms with Gasteiger partial charge in [-0.15, -0.1) is 0 Å². The average molecular weight is 739 g/mol. The first kappa shape index (κ1) is 39.4. The molecule has 0 radical (unpaired) electrons. The fraction of sp³-hybridized carbons (Fsp3) is 0.280. The maximum absolute atomic E-state index is 14.8. The lowest BCUT2D eigenvalue weighted by molar-refractivity contribution is -0.0840. The molecule has 0 aliphatic rings. The molecule has 0 spiro atoms. The highest BCUT2D eigenvalue weighted by Crippen LogP contribution is 2.42. The number of ether oxygens (including phenoxy) is 3. The van der Waals surface area contributed by atoms with E-state index in [1.54, 1.807) is 12.1 Å². The van der Waals surface area contributed by atoms with E-state index in [1.807, 2.05) is 123 Å².